The van der Waals surface area contributed by atoms with Crippen LogP contribution in [-0.4, -0.2) is 34.5 Å². The maximum Gasteiger partial charge on any atom is 0.221 e. The third kappa shape index (κ3) is 3.32. The highest BCUT2D eigenvalue weighted by Crippen LogP contribution is 2.41. The van der Waals surface area contributed by atoms with Gasteiger partial charge in [0.15, 0.2) is 0 Å². The predicted octanol–water partition coefficient (Wildman–Crippen LogP) is 3.14. The van der Waals surface area contributed by atoms with Crippen LogP contribution in [0.3, 0.4) is 0 Å². The Morgan fingerprint density at radius 1 is 1.08 bits per heavy atom. The summed E-state index contributed by atoms with van der Waals surface area (Å²) in [4.78, 5) is 24.3. The van der Waals surface area contributed by atoms with E-state index >= 15 is 0 Å². The first-order valence-corrected chi connectivity index (χ1v) is 9.60. The Balaban J connectivity index is 1.44. The number of nitrogens with zero attached hydrogens (tertiary/aromatic N) is 3. The number of rotatable bonds is 7. The zero-order valence-corrected chi connectivity index (χ0v) is 14.4. The molecule has 1 aromatic heterocycles. The van der Waals surface area contributed by atoms with Crippen molar-refractivity contribution in [2.24, 2.45) is 0 Å². The molecule has 0 aliphatic heterocycles. The van der Waals surface area contributed by atoms with E-state index in [0.717, 1.165) is 41.9 Å². The lowest BCUT2D eigenvalue weighted by Crippen LogP contribution is -2.34. The van der Waals surface area contributed by atoms with E-state index in [1.165, 1.54) is 25.7 Å². The molecule has 5 rings (SSSR count). The van der Waals surface area contributed by atoms with Gasteiger partial charge in [0, 0.05) is 36.4 Å². The van der Waals surface area contributed by atoms with Crippen molar-refractivity contribution in [1.29, 1.82) is 0 Å². The normalized spacial score (nSPS) is 19.8. The smallest absolute Gasteiger partial charge is 0.221 e. The molecule has 3 aliphatic rings. The summed E-state index contributed by atoms with van der Waals surface area (Å²) < 4.78 is 0. The number of fused-ring (bicyclic) bond motifs is 1. The minimum absolute atomic E-state index is 0.175. The van der Waals surface area contributed by atoms with Crippen molar-refractivity contribution in [2.75, 3.05) is 11.4 Å². The van der Waals surface area contributed by atoms with E-state index in [2.05, 4.69) is 28.4 Å². The molecule has 0 bridgehead atoms. The summed E-state index contributed by atoms with van der Waals surface area (Å²) in [6, 6.07) is 9.25. The fourth-order valence-electron chi connectivity index (χ4n) is 3.42. The van der Waals surface area contributed by atoms with Crippen LogP contribution in [0.2, 0.25) is 0 Å². The zero-order chi connectivity index (χ0) is 16.8. The average Bonchev–Trinajstić information content (AvgIpc) is 3.48. The summed E-state index contributed by atoms with van der Waals surface area (Å²) in [5, 5.41) is 4.21. The van der Waals surface area contributed by atoms with Gasteiger partial charge in [0.05, 0.1) is 5.52 Å². The predicted molar refractivity (Wildman–Crippen MR) is 97.7 cm³/mol. The van der Waals surface area contributed by atoms with E-state index in [4.69, 9.17) is 9.97 Å². The molecule has 1 heterocycles. The lowest BCUT2D eigenvalue weighted by atomic mass is 10.2. The molecule has 3 aliphatic carbocycles. The van der Waals surface area contributed by atoms with Crippen molar-refractivity contribution >= 4 is 22.6 Å². The Labute approximate surface area is 147 Å². The van der Waals surface area contributed by atoms with Crippen LogP contribution in [0.4, 0.5) is 5.82 Å². The fraction of sp³-hybridized carbons (Fsp3) is 0.550. The first kappa shape index (κ1) is 15.1. The van der Waals surface area contributed by atoms with Crippen molar-refractivity contribution < 1.29 is 4.79 Å². The van der Waals surface area contributed by atoms with Gasteiger partial charge in [-0.05, 0) is 50.7 Å². The second-order valence-corrected chi connectivity index (χ2v) is 7.71. The molecule has 25 heavy (non-hydrogen) atoms. The first-order valence-electron chi connectivity index (χ1n) is 9.60. The molecule has 3 fully saturated rings. The molecule has 0 spiro atoms. The van der Waals surface area contributed by atoms with Gasteiger partial charge in [-0.25, -0.2) is 9.97 Å². The van der Waals surface area contributed by atoms with Gasteiger partial charge >= 0.3 is 0 Å². The number of hydrogen-bond donors (Lipinski definition) is 1. The van der Waals surface area contributed by atoms with Crippen molar-refractivity contribution in [2.45, 2.75) is 62.9 Å². The molecule has 1 N–H and O–H groups in total. The topological polar surface area (TPSA) is 58.1 Å². The summed E-state index contributed by atoms with van der Waals surface area (Å²) in [7, 11) is 0. The monoisotopic (exact) mass is 336 g/mol. The van der Waals surface area contributed by atoms with Gasteiger partial charge in [0.25, 0.3) is 0 Å². The van der Waals surface area contributed by atoms with E-state index in [9.17, 15) is 4.79 Å². The number of nitrogens with one attached hydrogen (secondary N) is 1. The molecule has 0 saturated heterocycles. The lowest BCUT2D eigenvalue weighted by Gasteiger charge is -2.25. The molecule has 0 radical (unpaired) electrons. The van der Waals surface area contributed by atoms with Crippen molar-refractivity contribution in [3.05, 3.63) is 30.1 Å². The standard InChI is InChI=1S/C20H24N4O/c25-18(21-14-7-8-14)11-12-24(15-9-10-15)20-16-3-1-2-4-17(16)22-19(23-20)13-5-6-13/h1-4,13-15H,5-12H2,(H,21,25). The summed E-state index contributed by atoms with van der Waals surface area (Å²) >= 11 is 0. The third-order valence-corrected chi connectivity index (χ3v) is 5.32. The van der Waals surface area contributed by atoms with Crippen molar-refractivity contribution in [3.8, 4) is 0 Å². The van der Waals surface area contributed by atoms with Gasteiger partial charge in [-0.15, -0.1) is 0 Å². The highest BCUT2D eigenvalue weighted by molar-refractivity contribution is 5.90. The van der Waals surface area contributed by atoms with Crippen LogP contribution in [0.1, 0.15) is 56.7 Å². The van der Waals surface area contributed by atoms with Gasteiger partial charge < -0.3 is 10.2 Å². The first-order chi connectivity index (χ1) is 12.3. The SMILES string of the molecule is O=C(CCN(c1nc(C2CC2)nc2ccccc12)C1CC1)NC1CC1. The molecule has 1 amide bonds. The fourth-order valence-corrected chi connectivity index (χ4v) is 3.42. The van der Waals surface area contributed by atoms with Crippen molar-refractivity contribution in [3.63, 3.8) is 0 Å². The van der Waals surface area contributed by atoms with Gasteiger partial charge in [0.2, 0.25) is 5.91 Å². The lowest BCUT2D eigenvalue weighted by molar-refractivity contribution is -0.121. The molecule has 5 heteroatoms. The highest BCUT2D eigenvalue weighted by Gasteiger charge is 2.34. The Kier molecular flexibility index (Phi) is 3.61. The molecule has 0 atom stereocenters. The molecule has 5 nitrogen and oxygen atoms in total. The number of amides is 1. The van der Waals surface area contributed by atoms with E-state index in [-0.39, 0.29) is 5.91 Å². The molecule has 2 aromatic rings. The Morgan fingerprint density at radius 3 is 2.60 bits per heavy atom. The number of hydrogen-bond acceptors (Lipinski definition) is 4. The van der Waals surface area contributed by atoms with Crippen molar-refractivity contribution in [1.82, 2.24) is 15.3 Å². The van der Waals surface area contributed by atoms with Gasteiger partial charge in [-0.2, -0.15) is 0 Å². The quantitative estimate of drug-likeness (QED) is 0.844. The Bertz CT molecular complexity index is 808. The third-order valence-electron chi connectivity index (χ3n) is 5.32. The van der Waals surface area contributed by atoms with E-state index in [1.807, 2.05) is 6.07 Å². The van der Waals surface area contributed by atoms with Crippen LogP contribution in [0, 0.1) is 0 Å². The number of carbonyl (C=O) groups is 1. The van der Waals surface area contributed by atoms with Crippen LogP contribution in [0.5, 0.6) is 0 Å². The van der Waals surface area contributed by atoms with Crippen LogP contribution in [-0.2, 0) is 4.79 Å². The molecular weight excluding hydrogens is 312 g/mol. The van der Waals surface area contributed by atoms with Crippen LogP contribution >= 0.6 is 0 Å². The average molecular weight is 336 g/mol. The minimum atomic E-state index is 0.175. The van der Waals surface area contributed by atoms with E-state index < -0.39 is 0 Å². The Morgan fingerprint density at radius 2 is 1.88 bits per heavy atom. The number of para-hydroxylation sites is 1. The van der Waals surface area contributed by atoms with E-state index in [1.54, 1.807) is 0 Å². The minimum Gasteiger partial charge on any atom is -0.353 e. The maximum atomic E-state index is 12.2. The highest BCUT2D eigenvalue weighted by atomic mass is 16.1. The molecule has 1 aromatic carbocycles. The van der Waals surface area contributed by atoms with Crippen LogP contribution < -0.4 is 10.2 Å². The van der Waals surface area contributed by atoms with E-state index in [0.29, 0.717) is 24.4 Å². The molecule has 0 unspecified atom stereocenters. The maximum absolute atomic E-state index is 12.2. The summed E-state index contributed by atoms with van der Waals surface area (Å²) in [5.41, 5.74) is 1.03. The second-order valence-electron chi connectivity index (χ2n) is 7.71. The van der Waals surface area contributed by atoms with Gasteiger partial charge in [-0.3, -0.25) is 4.79 Å². The number of benzene rings is 1. The number of aromatic nitrogens is 2. The van der Waals surface area contributed by atoms with Crippen LogP contribution in [0.15, 0.2) is 24.3 Å². The van der Waals surface area contributed by atoms with Crippen LogP contribution in [0.25, 0.3) is 10.9 Å². The number of carbonyl (C=O) groups excluding carboxylic acids is 1. The largest absolute Gasteiger partial charge is 0.353 e. The zero-order valence-electron chi connectivity index (χ0n) is 14.4. The molecule has 130 valence electrons. The summed E-state index contributed by atoms with van der Waals surface area (Å²) in [5.74, 6) is 2.73. The van der Waals surface area contributed by atoms with Gasteiger partial charge in [0.1, 0.15) is 11.6 Å². The second kappa shape index (κ2) is 5.97. The number of anilines is 1. The summed E-state index contributed by atoms with van der Waals surface area (Å²) in [6.07, 6.45) is 7.61. The summed E-state index contributed by atoms with van der Waals surface area (Å²) in [6.45, 7) is 0.744. The molecular formula is C20H24N4O. The Hall–Kier alpha value is -2.17. The van der Waals surface area contributed by atoms with Gasteiger partial charge in [-0.1, -0.05) is 12.1 Å². The molecule has 3 saturated carbocycles.